The van der Waals surface area contributed by atoms with Gasteiger partial charge in [0, 0.05) is 32.7 Å². The fraction of sp³-hybridized carbons (Fsp3) is 0.304. The van der Waals surface area contributed by atoms with Gasteiger partial charge < -0.3 is 14.5 Å². The van der Waals surface area contributed by atoms with E-state index in [9.17, 15) is 9.59 Å². The number of esters is 1. The third-order valence-corrected chi connectivity index (χ3v) is 5.84. The van der Waals surface area contributed by atoms with Crippen LogP contribution in [0, 0.1) is 0 Å². The number of ether oxygens (including phenoxy) is 1. The molecule has 8 heteroatoms. The minimum atomic E-state index is -0.495. The molecule has 31 heavy (non-hydrogen) atoms. The number of thiophene rings is 1. The van der Waals surface area contributed by atoms with E-state index in [1.807, 2.05) is 58.3 Å². The van der Waals surface area contributed by atoms with Crippen molar-refractivity contribution in [1.82, 2.24) is 14.8 Å². The molecule has 0 bridgehead atoms. The number of methoxy groups -OCH3 is 1. The molecule has 0 aliphatic carbocycles. The van der Waals surface area contributed by atoms with E-state index in [2.05, 4.69) is 4.99 Å². The lowest BCUT2D eigenvalue weighted by Gasteiger charge is -2.17. The normalized spacial score (nSPS) is 11.1. The summed E-state index contributed by atoms with van der Waals surface area (Å²) in [7, 11) is 5.03. The van der Waals surface area contributed by atoms with E-state index in [0.717, 1.165) is 5.56 Å². The lowest BCUT2D eigenvalue weighted by Crippen LogP contribution is -2.29. The summed E-state index contributed by atoms with van der Waals surface area (Å²) in [6.45, 7) is 5.02. The van der Waals surface area contributed by atoms with Crippen LogP contribution in [0.15, 0.2) is 41.4 Å². The standard InChI is InChI=1S/C23H26N4O3S/c1-6-27(7-2)22(28)20-19(24-14-26(3)4)18-16(23(29)30-5)13-17(25-21(18)31-20)15-11-9-8-10-12-15/h8-14H,6-7H2,1-5H3. The second-order valence-corrected chi connectivity index (χ2v) is 8.06. The van der Waals surface area contributed by atoms with E-state index in [4.69, 9.17) is 9.72 Å². The van der Waals surface area contributed by atoms with Crippen molar-refractivity contribution in [3.05, 3.63) is 46.8 Å². The summed E-state index contributed by atoms with van der Waals surface area (Å²) in [6, 6.07) is 11.3. The Kier molecular flexibility index (Phi) is 7.02. The lowest BCUT2D eigenvalue weighted by atomic mass is 10.1. The Balaban J connectivity index is 2.35. The molecule has 162 valence electrons. The Labute approximate surface area is 186 Å². The molecule has 2 heterocycles. The molecule has 0 spiro atoms. The van der Waals surface area contributed by atoms with Crippen molar-refractivity contribution < 1.29 is 14.3 Å². The van der Waals surface area contributed by atoms with Crippen LogP contribution in [0.4, 0.5) is 5.69 Å². The van der Waals surface area contributed by atoms with Crippen LogP contribution < -0.4 is 0 Å². The Morgan fingerprint density at radius 2 is 1.84 bits per heavy atom. The zero-order valence-corrected chi connectivity index (χ0v) is 19.2. The molecule has 0 N–H and O–H groups in total. The third kappa shape index (κ3) is 4.59. The summed E-state index contributed by atoms with van der Waals surface area (Å²) < 4.78 is 5.06. The largest absolute Gasteiger partial charge is 0.465 e. The van der Waals surface area contributed by atoms with Gasteiger partial charge in [0.2, 0.25) is 0 Å². The average molecular weight is 439 g/mol. The number of carbonyl (C=O) groups excluding carboxylic acids is 2. The summed E-state index contributed by atoms with van der Waals surface area (Å²) in [5.41, 5.74) is 2.29. The van der Waals surface area contributed by atoms with Crippen molar-refractivity contribution in [2.45, 2.75) is 13.8 Å². The van der Waals surface area contributed by atoms with Crippen LogP contribution in [-0.2, 0) is 4.74 Å². The highest BCUT2D eigenvalue weighted by Gasteiger charge is 2.27. The Morgan fingerprint density at radius 1 is 1.16 bits per heavy atom. The molecule has 1 amide bonds. The van der Waals surface area contributed by atoms with E-state index < -0.39 is 5.97 Å². The number of aromatic nitrogens is 1. The van der Waals surface area contributed by atoms with Crippen LogP contribution in [0.25, 0.3) is 21.5 Å². The van der Waals surface area contributed by atoms with Crippen LogP contribution in [0.1, 0.15) is 33.9 Å². The number of carbonyl (C=O) groups is 2. The first kappa shape index (κ1) is 22.4. The van der Waals surface area contributed by atoms with Crippen LogP contribution in [-0.4, -0.2) is 67.3 Å². The molecule has 0 fully saturated rings. The summed E-state index contributed by atoms with van der Waals surface area (Å²) in [5.74, 6) is -0.624. The smallest absolute Gasteiger partial charge is 0.338 e. The first-order valence-corrected chi connectivity index (χ1v) is 10.8. The first-order chi connectivity index (χ1) is 14.9. The van der Waals surface area contributed by atoms with Crippen molar-refractivity contribution in [2.75, 3.05) is 34.3 Å². The van der Waals surface area contributed by atoms with Crippen molar-refractivity contribution in [2.24, 2.45) is 4.99 Å². The van der Waals surface area contributed by atoms with Gasteiger partial charge in [-0.3, -0.25) is 4.79 Å². The Hall–Kier alpha value is -3.26. The van der Waals surface area contributed by atoms with Crippen LogP contribution in [0.5, 0.6) is 0 Å². The molecule has 0 aliphatic heterocycles. The predicted octanol–water partition coefficient (Wildman–Crippen LogP) is 4.45. The highest BCUT2D eigenvalue weighted by molar-refractivity contribution is 7.21. The average Bonchev–Trinajstić information content (AvgIpc) is 3.16. The fourth-order valence-corrected chi connectivity index (χ4v) is 4.32. The number of benzene rings is 1. The first-order valence-electron chi connectivity index (χ1n) is 10.0. The van der Waals surface area contributed by atoms with Gasteiger partial charge in [0.05, 0.1) is 35.8 Å². The molecule has 0 saturated heterocycles. The summed E-state index contributed by atoms with van der Waals surface area (Å²) in [6.07, 6.45) is 1.62. The third-order valence-electron chi connectivity index (χ3n) is 4.77. The van der Waals surface area contributed by atoms with Crippen LogP contribution in [0.2, 0.25) is 0 Å². The number of amides is 1. The fourth-order valence-electron chi connectivity index (χ4n) is 3.21. The molecule has 2 aromatic heterocycles. The summed E-state index contributed by atoms with van der Waals surface area (Å²) in [5, 5.41) is 0.533. The topological polar surface area (TPSA) is 75.1 Å². The number of pyridine rings is 1. The van der Waals surface area contributed by atoms with Crippen molar-refractivity contribution >= 4 is 45.5 Å². The Morgan fingerprint density at radius 3 is 2.42 bits per heavy atom. The van der Waals surface area contributed by atoms with Gasteiger partial charge in [-0.25, -0.2) is 14.8 Å². The maximum atomic E-state index is 13.3. The van der Waals surface area contributed by atoms with Crippen molar-refractivity contribution in [3.63, 3.8) is 0 Å². The molecule has 7 nitrogen and oxygen atoms in total. The quantitative estimate of drug-likeness (QED) is 0.309. The summed E-state index contributed by atoms with van der Waals surface area (Å²) >= 11 is 1.25. The van der Waals surface area contributed by atoms with E-state index in [1.54, 1.807) is 22.2 Å². The highest BCUT2D eigenvalue weighted by atomic mass is 32.1. The molecule has 0 unspecified atom stereocenters. The van der Waals surface area contributed by atoms with Gasteiger partial charge in [-0.1, -0.05) is 30.3 Å². The van der Waals surface area contributed by atoms with Gasteiger partial charge in [0.15, 0.2) is 0 Å². The van der Waals surface area contributed by atoms with E-state index in [1.165, 1.54) is 18.4 Å². The maximum Gasteiger partial charge on any atom is 0.338 e. The predicted molar refractivity (Wildman–Crippen MR) is 125 cm³/mol. The molecular formula is C23H26N4O3S. The Bertz CT molecular complexity index is 1120. The minimum absolute atomic E-state index is 0.129. The maximum absolute atomic E-state index is 13.3. The molecule has 0 saturated carbocycles. The number of nitrogens with zero attached hydrogens (tertiary/aromatic N) is 4. The van der Waals surface area contributed by atoms with Crippen LogP contribution in [0.3, 0.4) is 0 Å². The van der Waals surface area contributed by atoms with Gasteiger partial charge in [-0.15, -0.1) is 11.3 Å². The zero-order valence-electron chi connectivity index (χ0n) is 18.4. The van der Waals surface area contributed by atoms with Gasteiger partial charge in [0.25, 0.3) is 5.91 Å². The number of hydrogen-bond donors (Lipinski definition) is 0. The van der Waals surface area contributed by atoms with Gasteiger partial charge >= 0.3 is 5.97 Å². The number of hydrogen-bond acceptors (Lipinski definition) is 6. The second kappa shape index (κ2) is 9.70. The minimum Gasteiger partial charge on any atom is -0.465 e. The summed E-state index contributed by atoms with van der Waals surface area (Å²) in [4.78, 5) is 39.9. The van der Waals surface area contributed by atoms with Crippen molar-refractivity contribution in [1.29, 1.82) is 0 Å². The van der Waals surface area contributed by atoms with Gasteiger partial charge in [-0.2, -0.15) is 0 Å². The molecule has 0 atom stereocenters. The molecule has 0 radical (unpaired) electrons. The molecule has 0 aliphatic rings. The van der Waals surface area contributed by atoms with E-state index in [-0.39, 0.29) is 5.91 Å². The SMILES string of the molecule is CCN(CC)C(=O)c1sc2nc(-c3ccccc3)cc(C(=O)OC)c2c1N=CN(C)C. The van der Waals surface area contributed by atoms with Crippen molar-refractivity contribution in [3.8, 4) is 11.3 Å². The molecular weight excluding hydrogens is 412 g/mol. The number of aliphatic imine (C=N–C) groups is 1. The monoisotopic (exact) mass is 438 g/mol. The second-order valence-electron chi connectivity index (χ2n) is 7.06. The van der Waals surface area contributed by atoms with E-state index >= 15 is 0 Å². The molecule has 1 aromatic carbocycles. The van der Waals surface area contributed by atoms with Gasteiger partial charge in [-0.05, 0) is 19.9 Å². The number of rotatable bonds is 7. The van der Waals surface area contributed by atoms with Gasteiger partial charge in [0.1, 0.15) is 9.71 Å². The molecule has 3 rings (SSSR count). The van der Waals surface area contributed by atoms with Crippen LogP contribution >= 0.6 is 11.3 Å². The molecule has 3 aromatic rings. The number of fused-ring (bicyclic) bond motifs is 1. The highest BCUT2D eigenvalue weighted by Crippen LogP contribution is 2.41. The van der Waals surface area contributed by atoms with E-state index in [0.29, 0.717) is 45.1 Å². The lowest BCUT2D eigenvalue weighted by molar-refractivity contribution is 0.0602. The zero-order chi connectivity index (χ0) is 22.5.